The van der Waals surface area contributed by atoms with Gasteiger partial charge < -0.3 is 5.73 Å². The lowest BCUT2D eigenvalue weighted by atomic mass is 9.78. The average molecular weight is 228 g/mol. The molecule has 0 heterocycles. The zero-order chi connectivity index (χ0) is 12.1. The molecule has 0 saturated heterocycles. The molecule has 0 aromatic heterocycles. The third-order valence-corrected chi connectivity index (χ3v) is 3.74. The molecule has 2 nitrogen and oxygen atoms in total. The zero-order valence-electron chi connectivity index (χ0n) is 10.2. The summed E-state index contributed by atoms with van der Waals surface area (Å²) in [5.74, 6) is 0.845. The molecule has 0 spiro atoms. The van der Waals surface area contributed by atoms with E-state index in [-0.39, 0.29) is 5.92 Å². The Kier molecular flexibility index (Phi) is 4.17. The molecular weight excluding hydrogens is 208 g/mol. The quantitative estimate of drug-likeness (QED) is 0.864. The van der Waals surface area contributed by atoms with Gasteiger partial charge >= 0.3 is 0 Å². The van der Waals surface area contributed by atoms with Crippen molar-refractivity contribution >= 4 is 0 Å². The van der Waals surface area contributed by atoms with E-state index in [1.165, 1.54) is 24.0 Å². The molecule has 1 aliphatic rings. The Balaban J connectivity index is 2.04. The fourth-order valence-corrected chi connectivity index (χ4v) is 2.73. The second-order valence-corrected chi connectivity index (χ2v) is 4.97. The highest BCUT2D eigenvalue weighted by molar-refractivity contribution is 5.26. The molecule has 90 valence electrons. The number of rotatable bonds is 3. The summed E-state index contributed by atoms with van der Waals surface area (Å²) in [4.78, 5) is 0. The van der Waals surface area contributed by atoms with Crippen LogP contribution in [0.2, 0.25) is 0 Å². The maximum absolute atomic E-state index is 9.01. The lowest BCUT2D eigenvalue weighted by Gasteiger charge is -2.25. The van der Waals surface area contributed by atoms with Gasteiger partial charge in [-0.2, -0.15) is 5.26 Å². The topological polar surface area (TPSA) is 49.8 Å². The SMILES string of the molecule is N#CC1CCCC(c2ccc(CCN)cc2)C1. The summed E-state index contributed by atoms with van der Waals surface area (Å²) in [7, 11) is 0. The molecular formula is C15H20N2. The molecule has 2 unspecified atom stereocenters. The Morgan fingerprint density at radius 2 is 2.00 bits per heavy atom. The molecule has 0 bridgehead atoms. The highest BCUT2D eigenvalue weighted by Crippen LogP contribution is 2.35. The Labute approximate surface area is 103 Å². The number of benzene rings is 1. The predicted molar refractivity (Wildman–Crippen MR) is 69.5 cm³/mol. The molecule has 2 rings (SSSR count). The summed E-state index contributed by atoms with van der Waals surface area (Å²) >= 11 is 0. The Morgan fingerprint density at radius 3 is 2.65 bits per heavy atom. The summed E-state index contributed by atoms with van der Waals surface area (Å²) in [6, 6.07) is 11.2. The van der Waals surface area contributed by atoms with Crippen molar-refractivity contribution in [1.82, 2.24) is 0 Å². The van der Waals surface area contributed by atoms with Crippen LogP contribution in [0.15, 0.2) is 24.3 Å². The molecule has 17 heavy (non-hydrogen) atoms. The van der Waals surface area contributed by atoms with Crippen LogP contribution >= 0.6 is 0 Å². The first-order chi connectivity index (χ1) is 8.33. The van der Waals surface area contributed by atoms with Gasteiger partial charge in [-0.25, -0.2) is 0 Å². The van der Waals surface area contributed by atoms with Crippen molar-refractivity contribution < 1.29 is 0 Å². The van der Waals surface area contributed by atoms with E-state index in [0.717, 1.165) is 19.3 Å². The smallest absolute Gasteiger partial charge is 0.0656 e. The molecule has 1 fully saturated rings. The Hall–Kier alpha value is -1.33. The summed E-state index contributed by atoms with van der Waals surface area (Å²) < 4.78 is 0. The maximum atomic E-state index is 9.01. The second-order valence-electron chi connectivity index (χ2n) is 4.97. The largest absolute Gasteiger partial charge is 0.330 e. The van der Waals surface area contributed by atoms with Crippen LogP contribution in [-0.4, -0.2) is 6.54 Å². The minimum Gasteiger partial charge on any atom is -0.330 e. The van der Waals surface area contributed by atoms with Crippen LogP contribution in [0.5, 0.6) is 0 Å². The van der Waals surface area contributed by atoms with Crippen molar-refractivity contribution in [3.8, 4) is 6.07 Å². The molecule has 2 atom stereocenters. The lowest BCUT2D eigenvalue weighted by molar-refractivity contribution is 0.379. The number of nitrogens with two attached hydrogens (primary N) is 1. The molecule has 0 aliphatic heterocycles. The molecule has 1 saturated carbocycles. The van der Waals surface area contributed by atoms with E-state index < -0.39 is 0 Å². The number of nitriles is 1. The van der Waals surface area contributed by atoms with Crippen molar-refractivity contribution in [1.29, 1.82) is 5.26 Å². The van der Waals surface area contributed by atoms with Gasteiger partial charge in [0, 0.05) is 5.92 Å². The average Bonchev–Trinajstić information content (AvgIpc) is 2.40. The van der Waals surface area contributed by atoms with Crippen molar-refractivity contribution in [2.45, 2.75) is 38.0 Å². The van der Waals surface area contributed by atoms with Crippen molar-refractivity contribution in [2.75, 3.05) is 6.54 Å². The van der Waals surface area contributed by atoms with E-state index in [4.69, 9.17) is 11.0 Å². The van der Waals surface area contributed by atoms with Crippen LogP contribution in [0.4, 0.5) is 0 Å². The summed E-state index contributed by atoms with van der Waals surface area (Å²) in [6.45, 7) is 0.708. The molecule has 1 aliphatic carbocycles. The van der Waals surface area contributed by atoms with E-state index >= 15 is 0 Å². The van der Waals surface area contributed by atoms with E-state index in [9.17, 15) is 0 Å². The predicted octanol–water partition coefficient (Wildman–Crippen LogP) is 2.99. The van der Waals surface area contributed by atoms with Gasteiger partial charge in [-0.05, 0) is 49.3 Å². The lowest BCUT2D eigenvalue weighted by Crippen LogP contribution is -2.12. The first-order valence-electron chi connectivity index (χ1n) is 6.52. The van der Waals surface area contributed by atoms with Gasteiger partial charge in [0.05, 0.1) is 6.07 Å². The first kappa shape index (κ1) is 12.1. The van der Waals surface area contributed by atoms with Crippen LogP contribution in [-0.2, 0) is 6.42 Å². The van der Waals surface area contributed by atoms with Gasteiger partial charge in [0.25, 0.3) is 0 Å². The molecule has 0 radical (unpaired) electrons. The van der Waals surface area contributed by atoms with Crippen LogP contribution in [0.3, 0.4) is 0 Å². The molecule has 0 amide bonds. The number of nitrogens with zero attached hydrogens (tertiary/aromatic N) is 1. The zero-order valence-corrected chi connectivity index (χ0v) is 10.2. The fourth-order valence-electron chi connectivity index (χ4n) is 2.73. The minimum atomic E-state index is 0.262. The summed E-state index contributed by atoms with van der Waals surface area (Å²) in [5.41, 5.74) is 8.24. The van der Waals surface area contributed by atoms with E-state index in [1.807, 2.05) is 0 Å². The first-order valence-corrected chi connectivity index (χ1v) is 6.52. The van der Waals surface area contributed by atoms with Gasteiger partial charge in [-0.3, -0.25) is 0 Å². The molecule has 1 aromatic carbocycles. The van der Waals surface area contributed by atoms with Crippen molar-refractivity contribution in [2.24, 2.45) is 11.7 Å². The van der Waals surface area contributed by atoms with Gasteiger partial charge in [0.15, 0.2) is 0 Å². The van der Waals surface area contributed by atoms with Gasteiger partial charge in [0.2, 0.25) is 0 Å². The minimum absolute atomic E-state index is 0.262. The van der Waals surface area contributed by atoms with Crippen molar-refractivity contribution in [3.63, 3.8) is 0 Å². The third kappa shape index (κ3) is 3.08. The normalized spacial score (nSPS) is 24.2. The molecule has 2 N–H and O–H groups in total. The second kappa shape index (κ2) is 5.84. The summed E-state index contributed by atoms with van der Waals surface area (Å²) in [6.07, 6.45) is 5.48. The highest BCUT2D eigenvalue weighted by Gasteiger charge is 2.22. The van der Waals surface area contributed by atoms with Crippen LogP contribution in [0.25, 0.3) is 0 Å². The van der Waals surface area contributed by atoms with Crippen LogP contribution in [0.1, 0.15) is 42.7 Å². The highest BCUT2D eigenvalue weighted by atomic mass is 14.5. The van der Waals surface area contributed by atoms with Crippen LogP contribution in [0, 0.1) is 17.2 Å². The van der Waals surface area contributed by atoms with Gasteiger partial charge in [0.1, 0.15) is 0 Å². The number of hydrogen-bond acceptors (Lipinski definition) is 2. The van der Waals surface area contributed by atoms with Crippen LogP contribution < -0.4 is 5.73 Å². The van der Waals surface area contributed by atoms with Gasteiger partial charge in [-0.15, -0.1) is 0 Å². The summed E-state index contributed by atoms with van der Waals surface area (Å²) in [5, 5.41) is 9.01. The Morgan fingerprint density at radius 1 is 1.24 bits per heavy atom. The van der Waals surface area contributed by atoms with E-state index in [1.54, 1.807) is 0 Å². The third-order valence-electron chi connectivity index (χ3n) is 3.74. The molecule has 2 heteroatoms. The number of hydrogen-bond donors (Lipinski definition) is 1. The monoisotopic (exact) mass is 228 g/mol. The fraction of sp³-hybridized carbons (Fsp3) is 0.533. The van der Waals surface area contributed by atoms with Gasteiger partial charge in [-0.1, -0.05) is 30.7 Å². The maximum Gasteiger partial charge on any atom is 0.0656 e. The van der Waals surface area contributed by atoms with Crippen molar-refractivity contribution in [3.05, 3.63) is 35.4 Å². The standard InChI is InChI=1S/C15H20N2/c16-9-8-12-4-6-14(7-5-12)15-3-1-2-13(10-15)11-17/h4-7,13,15H,1-3,8-10,16H2. The molecule has 1 aromatic rings. The Bertz CT molecular complexity index is 388. The van der Waals surface area contributed by atoms with E-state index in [2.05, 4.69) is 30.3 Å². The van der Waals surface area contributed by atoms with E-state index in [0.29, 0.717) is 12.5 Å².